The predicted octanol–water partition coefficient (Wildman–Crippen LogP) is 3.27. The zero-order valence-electron chi connectivity index (χ0n) is 11.1. The Balaban J connectivity index is 1.52. The minimum atomic E-state index is -0.00971. The Morgan fingerprint density at radius 3 is 2.65 bits per heavy atom. The van der Waals surface area contributed by atoms with Gasteiger partial charge < -0.3 is 4.74 Å². The summed E-state index contributed by atoms with van der Waals surface area (Å²) in [6.07, 6.45) is 7.21. The molecule has 0 spiro atoms. The van der Waals surface area contributed by atoms with E-state index in [4.69, 9.17) is 4.74 Å². The van der Waals surface area contributed by atoms with Gasteiger partial charge in [0.1, 0.15) is 0 Å². The Kier molecular flexibility index (Phi) is 3.59. The molecule has 1 aliphatic carbocycles. The van der Waals surface area contributed by atoms with E-state index in [9.17, 15) is 4.79 Å². The summed E-state index contributed by atoms with van der Waals surface area (Å²) in [6, 6.07) is 11.6. The molecule has 3 nitrogen and oxygen atoms in total. The van der Waals surface area contributed by atoms with Crippen LogP contribution in [0.2, 0.25) is 0 Å². The number of nitrogens with zero attached hydrogens (tertiary/aromatic N) is 1. The fourth-order valence-electron chi connectivity index (χ4n) is 2.28. The average Bonchev–Trinajstić information content (AvgIpc) is 2.82. The molecule has 20 heavy (non-hydrogen) atoms. The summed E-state index contributed by atoms with van der Waals surface area (Å²) in [5.74, 6) is 0.449. The van der Waals surface area contributed by atoms with Crippen molar-refractivity contribution >= 4 is 11.9 Å². The first-order valence-electron chi connectivity index (χ1n) is 6.72. The molecule has 0 atom stereocenters. The van der Waals surface area contributed by atoms with Crippen LogP contribution in [0.1, 0.15) is 27.9 Å². The molecule has 1 aromatic heterocycles. The van der Waals surface area contributed by atoms with Crippen molar-refractivity contribution in [1.82, 2.24) is 4.98 Å². The Morgan fingerprint density at radius 1 is 1.05 bits per heavy atom. The second kappa shape index (κ2) is 5.70. The molecule has 0 radical (unpaired) electrons. The predicted molar refractivity (Wildman–Crippen MR) is 77.3 cm³/mol. The van der Waals surface area contributed by atoms with Gasteiger partial charge in [-0.15, -0.1) is 0 Å². The lowest BCUT2D eigenvalue weighted by molar-refractivity contribution is 0.0927. The summed E-state index contributed by atoms with van der Waals surface area (Å²) < 4.78 is 5.62. The molecule has 0 N–H and O–H groups in total. The first kappa shape index (κ1) is 12.6. The van der Waals surface area contributed by atoms with Crippen molar-refractivity contribution in [2.24, 2.45) is 0 Å². The number of pyridine rings is 1. The summed E-state index contributed by atoms with van der Waals surface area (Å²) in [7, 11) is 0. The van der Waals surface area contributed by atoms with Gasteiger partial charge in [-0.2, -0.15) is 0 Å². The zero-order valence-corrected chi connectivity index (χ0v) is 11.1. The third-order valence-corrected chi connectivity index (χ3v) is 3.33. The second-order valence-electron chi connectivity index (χ2n) is 4.73. The van der Waals surface area contributed by atoms with E-state index in [1.165, 1.54) is 5.56 Å². The van der Waals surface area contributed by atoms with Crippen molar-refractivity contribution in [3.05, 3.63) is 71.2 Å². The largest absolute Gasteiger partial charge is 0.489 e. The van der Waals surface area contributed by atoms with Gasteiger partial charge in [0.25, 0.3) is 0 Å². The molecule has 0 fully saturated rings. The SMILES string of the molecule is O=C1C(OCCCc2ccncc2)=Cc2ccccc21. The third-order valence-electron chi connectivity index (χ3n) is 3.33. The van der Waals surface area contributed by atoms with E-state index < -0.39 is 0 Å². The van der Waals surface area contributed by atoms with E-state index in [0.29, 0.717) is 12.4 Å². The lowest BCUT2D eigenvalue weighted by Gasteiger charge is -2.05. The van der Waals surface area contributed by atoms with Gasteiger partial charge in [0.05, 0.1) is 6.61 Å². The number of ether oxygens (including phenoxy) is 1. The third kappa shape index (κ3) is 2.62. The van der Waals surface area contributed by atoms with E-state index in [0.717, 1.165) is 24.0 Å². The highest BCUT2D eigenvalue weighted by molar-refractivity contribution is 6.16. The second-order valence-corrected chi connectivity index (χ2v) is 4.73. The number of carbonyl (C=O) groups is 1. The highest BCUT2D eigenvalue weighted by Crippen LogP contribution is 2.25. The van der Waals surface area contributed by atoms with E-state index in [2.05, 4.69) is 4.98 Å². The molecular weight excluding hydrogens is 250 g/mol. The maximum absolute atomic E-state index is 12.1. The van der Waals surface area contributed by atoms with Crippen molar-refractivity contribution in [2.45, 2.75) is 12.8 Å². The van der Waals surface area contributed by atoms with E-state index in [-0.39, 0.29) is 5.78 Å². The molecule has 0 saturated carbocycles. The number of ketones is 1. The highest BCUT2D eigenvalue weighted by atomic mass is 16.5. The number of carbonyl (C=O) groups excluding carboxylic acids is 1. The lowest BCUT2D eigenvalue weighted by Crippen LogP contribution is -2.04. The van der Waals surface area contributed by atoms with Crippen molar-refractivity contribution in [1.29, 1.82) is 0 Å². The number of aromatic nitrogens is 1. The summed E-state index contributed by atoms with van der Waals surface area (Å²) in [6.45, 7) is 0.549. The molecule has 1 heterocycles. The van der Waals surface area contributed by atoms with Crippen LogP contribution in [-0.4, -0.2) is 17.4 Å². The summed E-state index contributed by atoms with van der Waals surface area (Å²) in [4.78, 5) is 16.0. The monoisotopic (exact) mass is 265 g/mol. The van der Waals surface area contributed by atoms with Gasteiger partial charge in [-0.05, 0) is 42.2 Å². The molecule has 0 saturated heterocycles. The highest BCUT2D eigenvalue weighted by Gasteiger charge is 2.22. The molecule has 1 aromatic carbocycles. The van der Waals surface area contributed by atoms with Crippen molar-refractivity contribution in [3.8, 4) is 0 Å². The van der Waals surface area contributed by atoms with Gasteiger partial charge in [-0.25, -0.2) is 0 Å². The topological polar surface area (TPSA) is 39.2 Å². The molecule has 2 aromatic rings. The van der Waals surface area contributed by atoms with Gasteiger partial charge >= 0.3 is 0 Å². The minimum Gasteiger partial charge on any atom is -0.489 e. The normalized spacial score (nSPS) is 13.0. The minimum absolute atomic E-state index is 0.00971. The van der Waals surface area contributed by atoms with Crippen LogP contribution in [-0.2, 0) is 11.2 Å². The van der Waals surface area contributed by atoms with Gasteiger partial charge in [0.15, 0.2) is 5.76 Å². The summed E-state index contributed by atoms with van der Waals surface area (Å²) in [5, 5.41) is 0. The fraction of sp³-hybridized carbons (Fsp3) is 0.176. The molecule has 100 valence electrons. The Morgan fingerprint density at radius 2 is 1.85 bits per heavy atom. The van der Waals surface area contributed by atoms with Gasteiger partial charge in [-0.3, -0.25) is 9.78 Å². The van der Waals surface area contributed by atoms with Crippen molar-refractivity contribution < 1.29 is 9.53 Å². The smallest absolute Gasteiger partial charge is 0.228 e. The summed E-state index contributed by atoms with van der Waals surface area (Å²) in [5.41, 5.74) is 2.91. The van der Waals surface area contributed by atoms with Crippen LogP contribution >= 0.6 is 0 Å². The van der Waals surface area contributed by atoms with E-state index >= 15 is 0 Å². The van der Waals surface area contributed by atoms with Crippen molar-refractivity contribution in [3.63, 3.8) is 0 Å². The van der Waals surface area contributed by atoms with Crippen LogP contribution in [0.15, 0.2) is 54.6 Å². The van der Waals surface area contributed by atoms with Gasteiger partial charge in [-0.1, -0.05) is 24.3 Å². The fourth-order valence-corrected chi connectivity index (χ4v) is 2.28. The quantitative estimate of drug-likeness (QED) is 0.779. The van der Waals surface area contributed by atoms with E-state index in [1.54, 1.807) is 12.4 Å². The van der Waals surface area contributed by atoms with Crippen LogP contribution in [0, 0.1) is 0 Å². The number of rotatable bonds is 5. The Labute approximate surface area is 117 Å². The Hall–Kier alpha value is -2.42. The molecule has 3 rings (SSSR count). The first-order chi connectivity index (χ1) is 9.84. The van der Waals surface area contributed by atoms with Crippen LogP contribution in [0.3, 0.4) is 0 Å². The maximum Gasteiger partial charge on any atom is 0.228 e. The molecule has 0 amide bonds. The number of allylic oxidation sites excluding steroid dienone is 1. The zero-order chi connectivity index (χ0) is 13.8. The molecule has 3 heteroatoms. The van der Waals surface area contributed by atoms with Crippen LogP contribution < -0.4 is 0 Å². The van der Waals surface area contributed by atoms with Crippen LogP contribution in [0.25, 0.3) is 6.08 Å². The number of fused-ring (bicyclic) bond motifs is 1. The van der Waals surface area contributed by atoms with Gasteiger partial charge in [0, 0.05) is 18.0 Å². The molecule has 1 aliphatic rings. The number of hydrogen-bond acceptors (Lipinski definition) is 3. The summed E-state index contributed by atoms with van der Waals surface area (Å²) >= 11 is 0. The molecule has 0 aliphatic heterocycles. The average molecular weight is 265 g/mol. The number of hydrogen-bond donors (Lipinski definition) is 0. The van der Waals surface area contributed by atoms with Gasteiger partial charge in [0.2, 0.25) is 5.78 Å². The number of benzene rings is 1. The molecule has 0 unspecified atom stereocenters. The number of aryl methyl sites for hydroxylation is 1. The van der Waals surface area contributed by atoms with Crippen LogP contribution in [0.4, 0.5) is 0 Å². The maximum atomic E-state index is 12.1. The first-order valence-corrected chi connectivity index (χ1v) is 6.72. The molecular formula is C17H15NO2. The van der Waals surface area contributed by atoms with Crippen molar-refractivity contribution in [2.75, 3.05) is 6.61 Å². The standard InChI is InChI=1S/C17H15NO2/c19-17-15-6-2-1-5-14(15)12-16(17)20-11-3-4-13-7-9-18-10-8-13/h1-2,5-10,12H,3-4,11H2. The Bertz CT molecular complexity index is 647. The van der Waals surface area contributed by atoms with E-state index in [1.807, 2.05) is 42.5 Å². The number of Topliss-reactive ketones (excluding diaryl/α,β-unsaturated/α-hetero) is 1. The molecule has 0 bridgehead atoms. The van der Waals surface area contributed by atoms with Crippen LogP contribution in [0.5, 0.6) is 0 Å². The lowest BCUT2D eigenvalue weighted by atomic mass is 10.1.